The number of piperazine rings is 1. The maximum Gasteiger partial charge on any atom is 0.319 e. The molecule has 104 valence electrons. The Morgan fingerprint density at radius 3 is 2.63 bits per heavy atom. The lowest BCUT2D eigenvalue weighted by molar-refractivity contribution is -0.142. The highest BCUT2D eigenvalue weighted by Gasteiger charge is 2.25. The molecule has 0 radical (unpaired) electrons. The van der Waals surface area contributed by atoms with E-state index in [1.54, 1.807) is 4.90 Å². The largest absolute Gasteiger partial charge is 0.468 e. The minimum Gasteiger partial charge on any atom is -0.468 e. The van der Waals surface area contributed by atoms with Crippen molar-refractivity contribution in [2.24, 2.45) is 0 Å². The standard InChI is InChI=1S/C11H17N5O3/c1-19-9(17)7-15-2-4-16(5-3-15)11(18)10-8(12)6-13-14-10/h6H,2-5,7,12H2,1H3,(H,13,14). The van der Waals surface area contributed by atoms with Crippen LogP contribution < -0.4 is 5.73 Å². The van der Waals surface area contributed by atoms with E-state index in [2.05, 4.69) is 14.9 Å². The van der Waals surface area contributed by atoms with Gasteiger partial charge in [-0.2, -0.15) is 5.10 Å². The van der Waals surface area contributed by atoms with Gasteiger partial charge in [-0.05, 0) is 0 Å². The zero-order valence-electron chi connectivity index (χ0n) is 10.8. The number of anilines is 1. The number of hydrogen-bond donors (Lipinski definition) is 2. The third-order valence-electron chi connectivity index (χ3n) is 3.12. The van der Waals surface area contributed by atoms with Crippen LogP contribution in [0.5, 0.6) is 0 Å². The van der Waals surface area contributed by atoms with Crippen LogP contribution in [0.1, 0.15) is 10.5 Å². The van der Waals surface area contributed by atoms with E-state index in [1.807, 2.05) is 4.90 Å². The van der Waals surface area contributed by atoms with Crippen LogP contribution in [-0.2, 0) is 9.53 Å². The molecule has 1 aromatic heterocycles. The molecule has 1 saturated heterocycles. The predicted molar refractivity (Wildman–Crippen MR) is 67.4 cm³/mol. The minimum atomic E-state index is -0.266. The summed E-state index contributed by atoms with van der Waals surface area (Å²) in [5.41, 5.74) is 6.32. The van der Waals surface area contributed by atoms with Gasteiger partial charge in [-0.15, -0.1) is 0 Å². The Bertz CT molecular complexity index is 465. The van der Waals surface area contributed by atoms with Gasteiger partial charge in [-0.1, -0.05) is 0 Å². The van der Waals surface area contributed by atoms with Gasteiger partial charge in [0.2, 0.25) is 0 Å². The topological polar surface area (TPSA) is 105 Å². The minimum absolute atomic E-state index is 0.160. The monoisotopic (exact) mass is 267 g/mol. The Morgan fingerprint density at radius 2 is 2.11 bits per heavy atom. The fourth-order valence-corrected chi connectivity index (χ4v) is 1.98. The molecule has 3 N–H and O–H groups in total. The number of aromatic amines is 1. The molecule has 0 aliphatic carbocycles. The molecule has 1 aromatic rings. The Kier molecular flexibility index (Phi) is 4.00. The van der Waals surface area contributed by atoms with Crippen molar-refractivity contribution in [3.8, 4) is 0 Å². The summed E-state index contributed by atoms with van der Waals surface area (Å²) in [6.45, 7) is 2.62. The summed E-state index contributed by atoms with van der Waals surface area (Å²) in [5, 5.41) is 6.34. The van der Waals surface area contributed by atoms with E-state index in [4.69, 9.17) is 5.73 Å². The van der Waals surface area contributed by atoms with Crippen LogP contribution in [-0.4, -0.2) is 71.7 Å². The fraction of sp³-hybridized carbons (Fsp3) is 0.545. The van der Waals surface area contributed by atoms with Gasteiger partial charge < -0.3 is 15.4 Å². The Labute approximate surface area is 110 Å². The van der Waals surface area contributed by atoms with Crippen LogP contribution in [0.2, 0.25) is 0 Å². The molecule has 19 heavy (non-hydrogen) atoms. The SMILES string of the molecule is COC(=O)CN1CCN(C(=O)c2[nH]ncc2N)CC1. The summed E-state index contributed by atoms with van der Waals surface area (Å²) in [7, 11) is 1.36. The van der Waals surface area contributed by atoms with E-state index >= 15 is 0 Å². The third kappa shape index (κ3) is 3.02. The zero-order chi connectivity index (χ0) is 13.8. The third-order valence-corrected chi connectivity index (χ3v) is 3.12. The molecular weight excluding hydrogens is 250 g/mol. The summed E-state index contributed by atoms with van der Waals surface area (Å²) >= 11 is 0. The van der Waals surface area contributed by atoms with Crippen LogP contribution in [0, 0.1) is 0 Å². The molecule has 0 aromatic carbocycles. The quantitative estimate of drug-likeness (QED) is 0.675. The molecule has 2 rings (SSSR count). The van der Waals surface area contributed by atoms with E-state index < -0.39 is 0 Å². The maximum absolute atomic E-state index is 12.1. The number of hydrogen-bond acceptors (Lipinski definition) is 6. The molecule has 2 heterocycles. The number of methoxy groups -OCH3 is 1. The maximum atomic E-state index is 12.1. The molecular formula is C11H17N5O3. The van der Waals surface area contributed by atoms with E-state index in [0.717, 1.165) is 0 Å². The summed E-state index contributed by atoms with van der Waals surface area (Å²) in [6, 6.07) is 0. The Balaban J connectivity index is 1.88. The lowest BCUT2D eigenvalue weighted by Gasteiger charge is -2.33. The molecule has 0 spiro atoms. The number of carbonyl (C=O) groups excluding carboxylic acids is 2. The first-order valence-electron chi connectivity index (χ1n) is 5.99. The molecule has 8 nitrogen and oxygen atoms in total. The molecule has 1 aliphatic heterocycles. The number of esters is 1. The molecule has 0 atom stereocenters. The van der Waals surface area contributed by atoms with E-state index in [-0.39, 0.29) is 18.4 Å². The second-order valence-corrected chi connectivity index (χ2v) is 4.34. The van der Waals surface area contributed by atoms with Crippen molar-refractivity contribution >= 4 is 17.6 Å². The Morgan fingerprint density at radius 1 is 1.42 bits per heavy atom. The number of nitrogens with one attached hydrogen (secondary N) is 1. The number of nitrogens with zero attached hydrogens (tertiary/aromatic N) is 3. The van der Waals surface area contributed by atoms with Crippen molar-refractivity contribution in [2.45, 2.75) is 0 Å². The smallest absolute Gasteiger partial charge is 0.319 e. The van der Waals surface area contributed by atoms with Crippen molar-refractivity contribution in [3.05, 3.63) is 11.9 Å². The van der Waals surface area contributed by atoms with Gasteiger partial charge in [0, 0.05) is 26.2 Å². The number of carbonyl (C=O) groups is 2. The van der Waals surface area contributed by atoms with Crippen molar-refractivity contribution in [3.63, 3.8) is 0 Å². The van der Waals surface area contributed by atoms with Gasteiger partial charge >= 0.3 is 5.97 Å². The van der Waals surface area contributed by atoms with E-state index in [9.17, 15) is 9.59 Å². The van der Waals surface area contributed by atoms with Crippen LogP contribution in [0.25, 0.3) is 0 Å². The molecule has 0 unspecified atom stereocenters. The summed E-state index contributed by atoms with van der Waals surface area (Å²) in [4.78, 5) is 26.9. The fourth-order valence-electron chi connectivity index (χ4n) is 1.98. The van der Waals surface area contributed by atoms with Gasteiger partial charge in [-0.3, -0.25) is 19.6 Å². The van der Waals surface area contributed by atoms with Crippen molar-refractivity contribution in [1.29, 1.82) is 0 Å². The first kappa shape index (κ1) is 13.3. The number of rotatable bonds is 3. The molecule has 1 amide bonds. The van der Waals surface area contributed by atoms with Gasteiger partial charge in [0.1, 0.15) is 5.69 Å². The number of amides is 1. The van der Waals surface area contributed by atoms with Gasteiger partial charge in [0.25, 0.3) is 5.91 Å². The first-order chi connectivity index (χ1) is 9.11. The van der Waals surface area contributed by atoms with E-state index in [1.165, 1.54) is 13.3 Å². The number of nitrogen functional groups attached to an aromatic ring is 1. The van der Waals surface area contributed by atoms with Crippen molar-refractivity contribution in [1.82, 2.24) is 20.0 Å². The first-order valence-corrected chi connectivity index (χ1v) is 5.99. The number of ether oxygens (including phenoxy) is 1. The molecule has 1 fully saturated rings. The average molecular weight is 267 g/mol. The summed E-state index contributed by atoms with van der Waals surface area (Å²) in [6.07, 6.45) is 1.42. The number of nitrogens with two attached hydrogens (primary N) is 1. The van der Waals surface area contributed by atoms with Crippen molar-refractivity contribution in [2.75, 3.05) is 45.6 Å². The summed E-state index contributed by atoms with van der Waals surface area (Å²) < 4.78 is 4.61. The zero-order valence-corrected chi connectivity index (χ0v) is 10.8. The second kappa shape index (κ2) is 5.70. The van der Waals surface area contributed by atoms with Gasteiger partial charge in [0.05, 0.1) is 25.5 Å². The number of aromatic nitrogens is 2. The number of H-pyrrole nitrogens is 1. The van der Waals surface area contributed by atoms with Crippen molar-refractivity contribution < 1.29 is 14.3 Å². The average Bonchev–Trinajstić information content (AvgIpc) is 2.85. The van der Waals surface area contributed by atoms with Gasteiger partial charge in [0.15, 0.2) is 0 Å². The highest BCUT2D eigenvalue weighted by Crippen LogP contribution is 2.12. The summed E-state index contributed by atoms with van der Waals surface area (Å²) in [5.74, 6) is -0.426. The highest BCUT2D eigenvalue weighted by molar-refractivity contribution is 5.97. The molecule has 0 saturated carbocycles. The predicted octanol–water partition coefficient (Wildman–Crippen LogP) is -1.08. The Hall–Kier alpha value is -2.09. The van der Waals surface area contributed by atoms with Crippen LogP contribution >= 0.6 is 0 Å². The molecule has 8 heteroatoms. The van der Waals surface area contributed by atoms with E-state index in [0.29, 0.717) is 37.6 Å². The second-order valence-electron chi connectivity index (χ2n) is 4.34. The lowest BCUT2D eigenvalue weighted by atomic mass is 10.2. The van der Waals surface area contributed by atoms with Crippen LogP contribution in [0.3, 0.4) is 0 Å². The normalized spacial score (nSPS) is 16.4. The van der Waals surface area contributed by atoms with Crippen LogP contribution in [0.4, 0.5) is 5.69 Å². The highest BCUT2D eigenvalue weighted by atomic mass is 16.5. The van der Waals surface area contributed by atoms with Crippen LogP contribution in [0.15, 0.2) is 6.20 Å². The van der Waals surface area contributed by atoms with Gasteiger partial charge in [-0.25, -0.2) is 0 Å². The molecule has 1 aliphatic rings. The lowest BCUT2D eigenvalue weighted by Crippen LogP contribution is -2.50. The molecule has 0 bridgehead atoms.